The molecule has 2 heterocycles. The first-order valence-corrected chi connectivity index (χ1v) is 5.36. The van der Waals surface area contributed by atoms with Crippen LogP contribution in [-0.4, -0.2) is 19.6 Å². The van der Waals surface area contributed by atoms with Crippen molar-refractivity contribution in [1.82, 2.24) is 24.9 Å². The minimum Gasteiger partial charge on any atom is -0.303 e. The Morgan fingerprint density at radius 1 is 1.19 bits per heavy atom. The molecule has 0 fully saturated rings. The molecule has 0 aliphatic carbocycles. The van der Waals surface area contributed by atoms with Gasteiger partial charge in [-0.1, -0.05) is 0 Å². The van der Waals surface area contributed by atoms with Gasteiger partial charge in [0.05, 0.1) is 11.4 Å². The summed E-state index contributed by atoms with van der Waals surface area (Å²) in [5, 5.41) is 11.7. The number of aryl methyl sites for hydroxylation is 2. The first-order valence-electron chi connectivity index (χ1n) is 5.36. The largest absolute Gasteiger partial charge is 0.303 e. The summed E-state index contributed by atoms with van der Waals surface area (Å²) in [6, 6.07) is 4.33. The molecule has 1 unspecified atom stereocenters. The van der Waals surface area contributed by atoms with Crippen molar-refractivity contribution in [3.63, 3.8) is 0 Å². The van der Waals surface area contributed by atoms with Crippen LogP contribution < -0.4 is 5.32 Å². The maximum atomic E-state index is 4.16. The fourth-order valence-electron chi connectivity index (χ4n) is 1.75. The standard InChI is InChI=1S/C11H17N5/c1-9(11-5-7-14-16(11)3)12-8-10-4-6-13-15(10)2/h4-7,9,12H,8H2,1-3H3. The van der Waals surface area contributed by atoms with E-state index in [1.807, 2.05) is 48.0 Å². The van der Waals surface area contributed by atoms with Gasteiger partial charge in [0.1, 0.15) is 0 Å². The van der Waals surface area contributed by atoms with Gasteiger partial charge in [0.25, 0.3) is 0 Å². The van der Waals surface area contributed by atoms with Crippen LogP contribution in [0.5, 0.6) is 0 Å². The number of nitrogens with zero attached hydrogens (tertiary/aromatic N) is 4. The first-order chi connectivity index (χ1) is 7.68. The molecule has 1 N–H and O–H groups in total. The van der Waals surface area contributed by atoms with Crippen LogP contribution in [0, 0.1) is 0 Å². The van der Waals surface area contributed by atoms with Crippen molar-refractivity contribution in [2.45, 2.75) is 19.5 Å². The highest BCUT2D eigenvalue weighted by Gasteiger charge is 2.09. The third kappa shape index (κ3) is 2.14. The van der Waals surface area contributed by atoms with Gasteiger partial charge in [-0.3, -0.25) is 9.36 Å². The molecular formula is C11H17N5. The number of aromatic nitrogens is 4. The van der Waals surface area contributed by atoms with Crippen LogP contribution in [0.15, 0.2) is 24.5 Å². The lowest BCUT2D eigenvalue weighted by Gasteiger charge is -2.14. The zero-order valence-corrected chi connectivity index (χ0v) is 9.88. The Labute approximate surface area is 95.1 Å². The summed E-state index contributed by atoms with van der Waals surface area (Å²) in [4.78, 5) is 0. The summed E-state index contributed by atoms with van der Waals surface area (Å²) in [5.74, 6) is 0. The molecule has 2 rings (SSSR count). The van der Waals surface area contributed by atoms with Gasteiger partial charge in [-0.25, -0.2) is 0 Å². The van der Waals surface area contributed by atoms with Gasteiger partial charge in [-0.2, -0.15) is 10.2 Å². The Balaban J connectivity index is 1.97. The predicted octanol–water partition coefficient (Wildman–Crippen LogP) is 1.00. The summed E-state index contributed by atoms with van der Waals surface area (Å²) in [6.07, 6.45) is 3.63. The van der Waals surface area contributed by atoms with E-state index in [4.69, 9.17) is 0 Å². The normalized spacial score (nSPS) is 12.9. The van der Waals surface area contributed by atoms with E-state index < -0.39 is 0 Å². The second-order valence-electron chi connectivity index (χ2n) is 3.93. The fraction of sp³-hybridized carbons (Fsp3) is 0.455. The molecule has 0 radical (unpaired) electrons. The molecule has 0 aliphatic rings. The first kappa shape index (κ1) is 10.9. The smallest absolute Gasteiger partial charge is 0.0547 e. The van der Waals surface area contributed by atoms with Crippen molar-refractivity contribution in [2.75, 3.05) is 0 Å². The van der Waals surface area contributed by atoms with E-state index in [9.17, 15) is 0 Å². The molecule has 0 spiro atoms. The Hall–Kier alpha value is -1.62. The van der Waals surface area contributed by atoms with Crippen molar-refractivity contribution in [3.05, 3.63) is 35.9 Å². The molecule has 5 nitrogen and oxygen atoms in total. The topological polar surface area (TPSA) is 47.7 Å². The van der Waals surface area contributed by atoms with E-state index in [2.05, 4.69) is 22.4 Å². The Kier molecular flexibility index (Phi) is 3.05. The van der Waals surface area contributed by atoms with Crippen LogP contribution in [0.3, 0.4) is 0 Å². The quantitative estimate of drug-likeness (QED) is 0.834. The zero-order chi connectivity index (χ0) is 11.5. The molecule has 0 bridgehead atoms. The van der Waals surface area contributed by atoms with Gasteiger partial charge in [-0.05, 0) is 19.1 Å². The third-order valence-electron chi connectivity index (χ3n) is 2.81. The molecular weight excluding hydrogens is 202 g/mol. The molecule has 5 heteroatoms. The average molecular weight is 219 g/mol. The van der Waals surface area contributed by atoms with Gasteiger partial charge in [0.15, 0.2) is 0 Å². The van der Waals surface area contributed by atoms with E-state index in [0.717, 1.165) is 6.54 Å². The molecule has 2 aromatic rings. The lowest BCUT2D eigenvalue weighted by atomic mass is 10.2. The minimum absolute atomic E-state index is 0.280. The number of nitrogens with one attached hydrogen (secondary N) is 1. The van der Waals surface area contributed by atoms with Crippen LogP contribution in [0.25, 0.3) is 0 Å². The molecule has 86 valence electrons. The Bertz CT molecular complexity index is 456. The van der Waals surface area contributed by atoms with Crippen molar-refractivity contribution in [3.8, 4) is 0 Å². The predicted molar refractivity (Wildman–Crippen MR) is 61.7 cm³/mol. The van der Waals surface area contributed by atoms with Crippen molar-refractivity contribution in [1.29, 1.82) is 0 Å². The molecule has 0 saturated carbocycles. The molecule has 0 aromatic carbocycles. The second kappa shape index (κ2) is 4.49. The maximum Gasteiger partial charge on any atom is 0.0547 e. The minimum atomic E-state index is 0.280. The van der Waals surface area contributed by atoms with Gasteiger partial charge < -0.3 is 5.32 Å². The highest BCUT2D eigenvalue weighted by Crippen LogP contribution is 2.10. The molecule has 16 heavy (non-hydrogen) atoms. The van der Waals surface area contributed by atoms with Crippen molar-refractivity contribution < 1.29 is 0 Å². The summed E-state index contributed by atoms with van der Waals surface area (Å²) in [5.41, 5.74) is 2.36. The summed E-state index contributed by atoms with van der Waals surface area (Å²) in [7, 11) is 3.91. The number of rotatable bonds is 4. The summed E-state index contributed by atoms with van der Waals surface area (Å²) < 4.78 is 3.77. The van der Waals surface area contributed by atoms with Crippen LogP contribution in [0.1, 0.15) is 24.4 Å². The highest BCUT2D eigenvalue weighted by atomic mass is 15.3. The lowest BCUT2D eigenvalue weighted by molar-refractivity contribution is 0.514. The monoisotopic (exact) mass is 219 g/mol. The molecule has 1 atom stereocenters. The van der Waals surface area contributed by atoms with E-state index >= 15 is 0 Å². The molecule has 0 amide bonds. The number of hydrogen-bond donors (Lipinski definition) is 1. The molecule has 0 saturated heterocycles. The summed E-state index contributed by atoms with van der Waals surface area (Å²) in [6.45, 7) is 2.94. The van der Waals surface area contributed by atoms with Crippen molar-refractivity contribution >= 4 is 0 Å². The van der Waals surface area contributed by atoms with Gasteiger partial charge in [0, 0.05) is 39.1 Å². The van der Waals surface area contributed by atoms with Crippen LogP contribution in [0.4, 0.5) is 0 Å². The van der Waals surface area contributed by atoms with E-state index in [1.54, 1.807) is 0 Å². The van der Waals surface area contributed by atoms with Crippen molar-refractivity contribution in [2.24, 2.45) is 14.1 Å². The SMILES string of the molecule is CC(NCc1ccnn1C)c1ccnn1C. The fourth-order valence-corrected chi connectivity index (χ4v) is 1.75. The van der Waals surface area contributed by atoms with Crippen LogP contribution in [0.2, 0.25) is 0 Å². The highest BCUT2D eigenvalue weighted by molar-refractivity contribution is 5.06. The molecule has 2 aromatic heterocycles. The van der Waals surface area contributed by atoms with Crippen LogP contribution >= 0.6 is 0 Å². The average Bonchev–Trinajstić information content (AvgIpc) is 2.84. The molecule has 0 aliphatic heterocycles. The number of hydrogen-bond acceptors (Lipinski definition) is 3. The summed E-state index contributed by atoms with van der Waals surface area (Å²) >= 11 is 0. The Morgan fingerprint density at radius 2 is 1.88 bits per heavy atom. The lowest BCUT2D eigenvalue weighted by Crippen LogP contribution is -2.21. The second-order valence-corrected chi connectivity index (χ2v) is 3.93. The Morgan fingerprint density at radius 3 is 2.44 bits per heavy atom. The third-order valence-corrected chi connectivity index (χ3v) is 2.81. The zero-order valence-electron chi connectivity index (χ0n) is 9.88. The van der Waals surface area contributed by atoms with E-state index in [-0.39, 0.29) is 6.04 Å². The van der Waals surface area contributed by atoms with Gasteiger partial charge in [-0.15, -0.1) is 0 Å². The van der Waals surface area contributed by atoms with Gasteiger partial charge in [0.2, 0.25) is 0 Å². The van der Waals surface area contributed by atoms with E-state index in [0.29, 0.717) is 0 Å². The van der Waals surface area contributed by atoms with E-state index in [1.165, 1.54) is 11.4 Å². The van der Waals surface area contributed by atoms with Crippen LogP contribution in [-0.2, 0) is 20.6 Å². The maximum absolute atomic E-state index is 4.16. The van der Waals surface area contributed by atoms with Gasteiger partial charge >= 0.3 is 0 Å².